The molecule has 0 aliphatic carbocycles. The van der Waals surface area contributed by atoms with Gasteiger partial charge in [0.05, 0.1) is 0 Å². The molecule has 0 aromatic heterocycles. The summed E-state index contributed by atoms with van der Waals surface area (Å²) in [6.45, 7) is 0. The molecule has 1 nitrogen and oxygen atoms in total. The summed E-state index contributed by atoms with van der Waals surface area (Å²) in [7, 11) is 0. The third kappa shape index (κ3) is 0.961. The van der Waals surface area contributed by atoms with Gasteiger partial charge in [0.25, 0.3) is 0 Å². The molecule has 1 aliphatic rings. The molecule has 0 fully saturated rings. The molecular weight excluding hydrogens is 191 g/mol. The zero-order valence-corrected chi connectivity index (χ0v) is 6.99. The minimum absolute atomic E-state index is 0.217. The zero-order valence-electron chi connectivity index (χ0n) is 5.28. The summed E-state index contributed by atoms with van der Waals surface area (Å²) in [6.07, 6.45) is 2.11. The molecule has 50 valence electrons. The predicted octanol–water partition coefficient (Wildman–Crippen LogP) is 1.67. The molecule has 1 heterocycles. The van der Waals surface area contributed by atoms with Crippen molar-refractivity contribution in [2.24, 2.45) is 0 Å². The van der Waals surface area contributed by atoms with Crippen LogP contribution < -0.4 is 3.82 Å². The summed E-state index contributed by atoms with van der Waals surface area (Å²) in [4.78, 5) is 2.08. The fourth-order valence-electron chi connectivity index (χ4n) is 0.875. The predicted molar refractivity (Wildman–Crippen MR) is 41.9 cm³/mol. The molecule has 0 amide bonds. The van der Waals surface area contributed by atoms with Crippen molar-refractivity contribution in [3.63, 3.8) is 0 Å². The molecule has 0 bridgehead atoms. The van der Waals surface area contributed by atoms with Crippen LogP contribution in [-0.4, -0.2) is 15.3 Å². The van der Waals surface area contributed by atoms with E-state index < -0.39 is 0 Å². The first-order valence-corrected chi connectivity index (χ1v) is 4.74. The molecule has 10 heavy (non-hydrogen) atoms. The molecule has 1 aromatic carbocycles. The summed E-state index contributed by atoms with van der Waals surface area (Å²) in [5.41, 5.74) is 1.19. The quantitative estimate of drug-likeness (QED) is 0.575. The average Bonchev–Trinajstić information content (AvgIpc) is 2.05. The molecule has 2 rings (SSSR count). The van der Waals surface area contributed by atoms with E-state index in [4.69, 9.17) is 3.82 Å². The van der Waals surface area contributed by atoms with Gasteiger partial charge in [-0.15, -0.1) is 0 Å². The van der Waals surface area contributed by atoms with Crippen LogP contribution in [0.3, 0.4) is 0 Å². The monoisotopic (exact) mass is 198 g/mol. The Kier molecular flexibility index (Phi) is 1.50. The van der Waals surface area contributed by atoms with E-state index in [1.54, 1.807) is 0 Å². The van der Waals surface area contributed by atoms with Gasteiger partial charge in [0, 0.05) is 0 Å². The van der Waals surface area contributed by atoms with Gasteiger partial charge in [0.2, 0.25) is 0 Å². The number of hydrogen-bond donors (Lipinski definition) is 0. The molecule has 0 N–H and O–H groups in total. The molecule has 0 spiro atoms. The Morgan fingerprint density at radius 2 is 2.10 bits per heavy atom. The second kappa shape index (κ2) is 2.49. The van der Waals surface area contributed by atoms with Crippen LogP contribution in [0.5, 0.6) is 5.75 Å². The molecule has 0 unspecified atom stereocenters. The van der Waals surface area contributed by atoms with E-state index in [1.165, 1.54) is 5.56 Å². The van der Waals surface area contributed by atoms with Crippen LogP contribution in [-0.2, 0) is 0 Å². The fraction of sp³-hybridized carbons (Fsp3) is 0. The molecule has 2 heteroatoms. The third-order valence-corrected chi connectivity index (χ3v) is 2.46. The van der Waals surface area contributed by atoms with Gasteiger partial charge >= 0.3 is 65.7 Å². The van der Waals surface area contributed by atoms with Gasteiger partial charge < -0.3 is 0 Å². The second-order valence-electron chi connectivity index (χ2n) is 2.02. The summed E-state index contributed by atoms with van der Waals surface area (Å²) in [5, 5.41) is 0. The van der Waals surface area contributed by atoms with E-state index >= 15 is 0 Å². The van der Waals surface area contributed by atoms with Crippen LogP contribution in [0.15, 0.2) is 29.2 Å². The molecule has 0 radical (unpaired) electrons. The van der Waals surface area contributed by atoms with Crippen molar-refractivity contribution in [3.8, 4) is 5.75 Å². The summed E-state index contributed by atoms with van der Waals surface area (Å²) >= 11 is 0.217. The third-order valence-electron chi connectivity index (χ3n) is 1.36. The number of hydrogen-bond acceptors (Lipinski definition) is 1. The first-order valence-electron chi connectivity index (χ1n) is 3.06. The van der Waals surface area contributed by atoms with Crippen LogP contribution in [0.1, 0.15) is 5.56 Å². The molecule has 0 atom stereocenters. The van der Waals surface area contributed by atoms with Crippen molar-refractivity contribution in [1.82, 2.24) is 0 Å². The molecule has 1 aliphatic heterocycles. The van der Waals surface area contributed by atoms with Crippen LogP contribution in [0, 0.1) is 0 Å². The standard InChI is InChI=1S/C8H6OSe/c1-2-4-8-7(3-1)5-6-10-9-8/h1-6H. The summed E-state index contributed by atoms with van der Waals surface area (Å²) < 4.78 is 5.40. The first-order chi connectivity index (χ1) is 4.97. The van der Waals surface area contributed by atoms with E-state index in [-0.39, 0.29) is 15.3 Å². The van der Waals surface area contributed by atoms with E-state index in [0.29, 0.717) is 0 Å². The van der Waals surface area contributed by atoms with Gasteiger partial charge in [-0.1, -0.05) is 0 Å². The van der Waals surface area contributed by atoms with Crippen molar-refractivity contribution in [2.45, 2.75) is 0 Å². The maximum absolute atomic E-state index is 5.40. The molecule has 0 saturated heterocycles. The minimum atomic E-state index is 0.217. The summed E-state index contributed by atoms with van der Waals surface area (Å²) in [6, 6.07) is 8.07. The van der Waals surface area contributed by atoms with Crippen molar-refractivity contribution in [2.75, 3.05) is 0 Å². The van der Waals surface area contributed by atoms with Crippen LogP contribution >= 0.6 is 0 Å². The van der Waals surface area contributed by atoms with Gasteiger partial charge in [-0.3, -0.25) is 0 Å². The number of para-hydroxylation sites is 1. The Morgan fingerprint density at radius 3 is 3.00 bits per heavy atom. The van der Waals surface area contributed by atoms with Crippen LogP contribution in [0.25, 0.3) is 6.08 Å². The van der Waals surface area contributed by atoms with Gasteiger partial charge in [-0.25, -0.2) is 0 Å². The SMILES string of the molecule is C1=Cc2ccccc2O[Se]1. The van der Waals surface area contributed by atoms with E-state index in [9.17, 15) is 0 Å². The van der Waals surface area contributed by atoms with E-state index in [2.05, 4.69) is 17.1 Å². The van der Waals surface area contributed by atoms with Crippen LogP contribution in [0.4, 0.5) is 0 Å². The number of benzene rings is 1. The molecular formula is C8H6OSe. The zero-order chi connectivity index (χ0) is 6.81. The number of fused-ring (bicyclic) bond motifs is 1. The van der Waals surface area contributed by atoms with Gasteiger partial charge in [0.1, 0.15) is 0 Å². The second-order valence-corrected chi connectivity index (χ2v) is 3.34. The average molecular weight is 197 g/mol. The van der Waals surface area contributed by atoms with Gasteiger partial charge in [0.15, 0.2) is 0 Å². The Bertz CT molecular complexity index is 268. The van der Waals surface area contributed by atoms with Crippen molar-refractivity contribution in [1.29, 1.82) is 0 Å². The Hall–Kier alpha value is -0.721. The number of rotatable bonds is 0. The fourth-order valence-corrected chi connectivity index (χ4v) is 1.95. The molecule has 0 saturated carbocycles. The Balaban J connectivity index is 2.54. The topological polar surface area (TPSA) is 9.23 Å². The Labute approximate surface area is 66.2 Å². The first kappa shape index (κ1) is 6.02. The van der Waals surface area contributed by atoms with Gasteiger partial charge in [-0.2, -0.15) is 0 Å². The van der Waals surface area contributed by atoms with E-state index in [0.717, 1.165) is 5.75 Å². The van der Waals surface area contributed by atoms with Gasteiger partial charge in [-0.05, 0) is 0 Å². The van der Waals surface area contributed by atoms with Crippen LogP contribution in [0.2, 0.25) is 0 Å². The van der Waals surface area contributed by atoms with E-state index in [1.807, 2.05) is 18.2 Å². The molecule has 1 aromatic rings. The Morgan fingerprint density at radius 1 is 1.20 bits per heavy atom. The maximum atomic E-state index is 5.40. The van der Waals surface area contributed by atoms with Crippen molar-refractivity contribution < 1.29 is 3.82 Å². The summed E-state index contributed by atoms with van der Waals surface area (Å²) in [5.74, 6) is 1.02. The van der Waals surface area contributed by atoms with Crippen molar-refractivity contribution >= 4 is 21.4 Å². The van der Waals surface area contributed by atoms with Crippen molar-refractivity contribution in [3.05, 3.63) is 34.8 Å². The normalized spacial score (nSPS) is 14.0.